The number of anilines is 1. The Hall–Kier alpha value is -2.05. The van der Waals surface area contributed by atoms with E-state index in [2.05, 4.69) is 22.3 Å². The number of ether oxygens (including phenoxy) is 2. The van der Waals surface area contributed by atoms with Crippen molar-refractivity contribution in [3.05, 3.63) is 35.0 Å². The molecule has 1 heterocycles. The summed E-state index contributed by atoms with van der Waals surface area (Å²) in [7, 11) is 1.58. The SMILES string of the molecule is CCc1ccc(Oc2nc(NN)ncc2Cl)c(OC)c1. The highest BCUT2D eigenvalue weighted by atomic mass is 35.5. The number of nitrogens with two attached hydrogens (primary N) is 1. The van der Waals surface area contributed by atoms with E-state index in [1.54, 1.807) is 7.11 Å². The fraction of sp³-hybridized carbons (Fsp3) is 0.231. The first-order chi connectivity index (χ1) is 9.67. The summed E-state index contributed by atoms with van der Waals surface area (Å²) in [6.07, 6.45) is 2.32. The van der Waals surface area contributed by atoms with Gasteiger partial charge < -0.3 is 9.47 Å². The first kappa shape index (κ1) is 14.4. The number of nitrogen functional groups attached to an aromatic ring is 1. The van der Waals surface area contributed by atoms with Gasteiger partial charge in [-0.2, -0.15) is 4.98 Å². The Labute approximate surface area is 121 Å². The molecule has 7 heteroatoms. The monoisotopic (exact) mass is 294 g/mol. The molecule has 20 heavy (non-hydrogen) atoms. The lowest BCUT2D eigenvalue weighted by atomic mass is 10.1. The number of rotatable bonds is 5. The summed E-state index contributed by atoms with van der Waals surface area (Å²) in [5.41, 5.74) is 3.48. The maximum atomic E-state index is 6.00. The second kappa shape index (κ2) is 6.40. The van der Waals surface area contributed by atoms with Crippen molar-refractivity contribution < 1.29 is 9.47 Å². The molecule has 0 aliphatic rings. The summed E-state index contributed by atoms with van der Waals surface area (Å²) in [5.74, 6) is 6.81. The van der Waals surface area contributed by atoms with Gasteiger partial charge in [-0.1, -0.05) is 24.6 Å². The van der Waals surface area contributed by atoms with Gasteiger partial charge in [0.1, 0.15) is 5.02 Å². The lowest BCUT2D eigenvalue weighted by Crippen LogP contribution is -2.10. The highest BCUT2D eigenvalue weighted by molar-refractivity contribution is 6.31. The minimum Gasteiger partial charge on any atom is -0.493 e. The van der Waals surface area contributed by atoms with Gasteiger partial charge in [-0.25, -0.2) is 10.8 Å². The van der Waals surface area contributed by atoms with Crippen LogP contribution in [0.15, 0.2) is 24.4 Å². The van der Waals surface area contributed by atoms with E-state index in [0.717, 1.165) is 12.0 Å². The van der Waals surface area contributed by atoms with Gasteiger partial charge in [-0.05, 0) is 24.1 Å². The third kappa shape index (κ3) is 3.09. The maximum absolute atomic E-state index is 6.00. The Morgan fingerprint density at radius 3 is 2.80 bits per heavy atom. The summed E-state index contributed by atoms with van der Waals surface area (Å²) in [6.45, 7) is 2.07. The van der Waals surface area contributed by atoms with E-state index < -0.39 is 0 Å². The molecule has 0 bridgehead atoms. The van der Waals surface area contributed by atoms with Crippen LogP contribution in [0.1, 0.15) is 12.5 Å². The Bertz CT molecular complexity index is 607. The van der Waals surface area contributed by atoms with Crippen LogP contribution in [0.5, 0.6) is 17.4 Å². The molecule has 2 aromatic rings. The van der Waals surface area contributed by atoms with Crippen LogP contribution in [0, 0.1) is 0 Å². The van der Waals surface area contributed by atoms with Gasteiger partial charge in [-0.15, -0.1) is 0 Å². The molecule has 0 spiro atoms. The minimum atomic E-state index is 0.206. The van der Waals surface area contributed by atoms with Crippen molar-refractivity contribution in [2.45, 2.75) is 13.3 Å². The molecular weight excluding hydrogens is 280 g/mol. The standard InChI is InChI=1S/C13H15ClN4O2/c1-3-8-4-5-10(11(6-8)19-2)20-12-9(14)7-16-13(17-12)18-15/h4-7H,3,15H2,1-2H3,(H,16,17,18). The summed E-state index contributed by atoms with van der Waals surface area (Å²) in [6, 6.07) is 5.67. The van der Waals surface area contributed by atoms with Gasteiger partial charge in [0.05, 0.1) is 13.3 Å². The van der Waals surface area contributed by atoms with Crippen molar-refractivity contribution in [2.24, 2.45) is 5.84 Å². The molecule has 0 aliphatic heterocycles. The van der Waals surface area contributed by atoms with Gasteiger partial charge in [0.25, 0.3) is 0 Å². The number of hydrogen-bond acceptors (Lipinski definition) is 6. The van der Waals surface area contributed by atoms with Crippen LogP contribution in [0.3, 0.4) is 0 Å². The third-order valence-corrected chi connectivity index (χ3v) is 2.94. The molecule has 6 nitrogen and oxygen atoms in total. The van der Waals surface area contributed by atoms with Crippen LogP contribution in [0.2, 0.25) is 5.02 Å². The molecule has 0 unspecified atom stereocenters. The number of halogens is 1. The zero-order chi connectivity index (χ0) is 14.5. The molecule has 0 radical (unpaired) electrons. The second-order valence-corrected chi connectivity index (χ2v) is 4.34. The highest BCUT2D eigenvalue weighted by Crippen LogP contribution is 2.34. The molecule has 1 aromatic heterocycles. The van der Waals surface area contributed by atoms with Crippen molar-refractivity contribution in [2.75, 3.05) is 12.5 Å². The molecule has 0 atom stereocenters. The van der Waals surface area contributed by atoms with Gasteiger partial charge in [0.2, 0.25) is 11.8 Å². The summed E-state index contributed by atoms with van der Waals surface area (Å²) in [5, 5.41) is 0.283. The Balaban J connectivity index is 2.34. The molecule has 0 fully saturated rings. The van der Waals surface area contributed by atoms with E-state index in [0.29, 0.717) is 11.5 Å². The molecule has 106 valence electrons. The van der Waals surface area contributed by atoms with Crippen LogP contribution in [-0.2, 0) is 6.42 Å². The van der Waals surface area contributed by atoms with Gasteiger partial charge in [-0.3, -0.25) is 5.43 Å². The molecule has 2 rings (SSSR count). The predicted octanol–water partition coefficient (Wildman–Crippen LogP) is 2.78. The van der Waals surface area contributed by atoms with Crippen LogP contribution in [-0.4, -0.2) is 17.1 Å². The largest absolute Gasteiger partial charge is 0.493 e. The van der Waals surface area contributed by atoms with E-state index in [4.69, 9.17) is 26.9 Å². The van der Waals surface area contributed by atoms with Crippen molar-refractivity contribution in [3.8, 4) is 17.4 Å². The van der Waals surface area contributed by atoms with Gasteiger partial charge in [0, 0.05) is 0 Å². The lowest BCUT2D eigenvalue weighted by molar-refractivity contribution is 0.373. The number of methoxy groups -OCH3 is 1. The quantitative estimate of drug-likeness (QED) is 0.652. The van der Waals surface area contributed by atoms with E-state index >= 15 is 0 Å². The number of benzene rings is 1. The van der Waals surface area contributed by atoms with Crippen LogP contribution in [0.4, 0.5) is 5.95 Å². The summed E-state index contributed by atoms with van der Waals surface area (Å²) < 4.78 is 11.0. The molecular formula is C13H15ClN4O2. The lowest BCUT2D eigenvalue weighted by Gasteiger charge is -2.12. The fourth-order valence-corrected chi connectivity index (χ4v) is 1.74. The highest BCUT2D eigenvalue weighted by Gasteiger charge is 2.11. The first-order valence-corrected chi connectivity index (χ1v) is 6.39. The number of hydrogen-bond donors (Lipinski definition) is 2. The summed E-state index contributed by atoms with van der Waals surface area (Å²) in [4.78, 5) is 7.93. The average molecular weight is 295 g/mol. The van der Waals surface area contributed by atoms with Crippen molar-refractivity contribution in [1.82, 2.24) is 9.97 Å². The third-order valence-electron chi connectivity index (χ3n) is 2.68. The number of hydrazine groups is 1. The van der Waals surface area contributed by atoms with Crippen LogP contribution in [0.25, 0.3) is 0 Å². The number of aromatic nitrogens is 2. The van der Waals surface area contributed by atoms with Gasteiger partial charge in [0.15, 0.2) is 11.5 Å². The van der Waals surface area contributed by atoms with Crippen LogP contribution >= 0.6 is 11.6 Å². The second-order valence-electron chi connectivity index (χ2n) is 3.93. The van der Waals surface area contributed by atoms with E-state index in [-0.39, 0.29) is 16.9 Å². The zero-order valence-electron chi connectivity index (χ0n) is 11.2. The first-order valence-electron chi connectivity index (χ1n) is 6.01. The van der Waals surface area contributed by atoms with E-state index in [9.17, 15) is 0 Å². The van der Waals surface area contributed by atoms with Crippen LogP contribution < -0.4 is 20.7 Å². The van der Waals surface area contributed by atoms with Crippen molar-refractivity contribution in [3.63, 3.8) is 0 Å². The number of aryl methyl sites for hydroxylation is 1. The van der Waals surface area contributed by atoms with E-state index in [1.807, 2.05) is 18.2 Å². The molecule has 0 aliphatic carbocycles. The predicted molar refractivity (Wildman–Crippen MR) is 77.3 cm³/mol. The molecule has 1 aromatic carbocycles. The molecule has 0 saturated carbocycles. The van der Waals surface area contributed by atoms with E-state index in [1.165, 1.54) is 6.20 Å². The normalized spacial score (nSPS) is 10.2. The molecule has 3 N–H and O–H groups in total. The zero-order valence-corrected chi connectivity index (χ0v) is 11.9. The van der Waals surface area contributed by atoms with Gasteiger partial charge >= 0.3 is 0 Å². The fourth-order valence-electron chi connectivity index (χ4n) is 1.61. The minimum absolute atomic E-state index is 0.206. The molecule has 0 amide bonds. The Kier molecular flexibility index (Phi) is 4.60. The number of nitrogens with one attached hydrogen (secondary N) is 1. The average Bonchev–Trinajstić information content (AvgIpc) is 2.49. The summed E-state index contributed by atoms with van der Waals surface area (Å²) >= 11 is 6.00. The maximum Gasteiger partial charge on any atom is 0.243 e. The van der Waals surface area contributed by atoms with Crippen molar-refractivity contribution >= 4 is 17.5 Å². The Morgan fingerprint density at radius 2 is 2.15 bits per heavy atom. The molecule has 0 saturated heterocycles. The smallest absolute Gasteiger partial charge is 0.243 e. The topological polar surface area (TPSA) is 82.3 Å². The van der Waals surface area contributed by atoms with Crippen molar-refractivity contribution in [1.29, 1.82) is 0 Å². The number of nitrogens with zero attached hydrogens (tertiary/aromatic N) is 2. The Morgan fingerprint density at radius 1 is 1.35 bits per heavy atom.